The third kappa shape index (κ3) is 2.71. The number of aliphatic hydroxyl groups is 1. The summed E-state index contributed by atoms with van der Waals surface area (Å²) in [6.07, 6.45) is 0.547. The fourth-order valence-corrected chi connectivity index (χ4v) is 1.14. The van der Waals surface area contributed by atoms with Crippen molar-refractivity contribution >= 4 is 0 Å². The number of hydrogen-bond donors (Lipinski definition) is 1. The van der Waals surface area contributed by atoms with E-state index in [1.807, 2.05) is 6.92 Å². The quantitative estimate of drug-likeness (QED) is 0.609. The maximum atomic E-state index is 9.81. The third-order valence-corrected chi connectivity index (χ3v) is 1.76. The number of methoxy groups -OCH3 is 3. The summed E-state index contributed by atoms with van der Waals surface area (Å²) >= 11 is 0. The molecule has 4 nitrogen and oxygen atoms in total. The van der Waals surface area contributed by atoms with Crippen molar-refractivity contribution in [2.45, 2.75) is 31.8 Å². The molecule has 0 radical (unpaired) electrons. The van der Waals surface area contributed by atoms with Gasteiger partial charge in [-0.2, -0.15) is 0 Å². The Balaban J connectivity index is 4.24. The first-order valence-corrected chi connectivity index (χ1v) is 3.97. The Hall–Kier alpha value is -0.160. The fourth-order valence-electron chi connectivity index (χ4n) is 1.14. The van der Waals surface area contributed by atoms with Crippen molar-refractivity contribution in [2.75, 3.05) is 21.3 Å². The molecule has 0 saturated heterocycles. The van der Waals surface area contributed by atoms with E-state index in [0.717, 1.165) is 6.42 Å². The van der Waals surface area contributed by atoms with Crippen molar-refractivity contribution in [3.8, 4) is 0 Å². The molecule has 0 rings (SSSR count). The molecule has 4 heteroatoms. The van der Waals surface area contributed by atoms with Gasteiger partial charge in [0.25, 0.3) is 0 Å². The van der Waals surface area contributed by atoms with E-state index in [1.54, 1.807) is 0 Å². The molecule has 1 atom stereocenters. The third-order valence-electron chi connectivity index (χ3n) is 1.76. The molecule has 0 saturated carbocycles. The molecule has 0 heterocycles. The lowest BCUT2D eigenvalue weighted by Crippen LogP contribution is -2.46. The Morgan fingerprint density at radius 2 is 1.75 bits per heavy atom. The van der Waals surface area contributed by atoms with Crippen LogP contribution in [0.15, 0.2) is 0 Å². The number of hydrogen-bond acceptors (Lipinski definition) is 4. The largest absolute Gasteiger partial charge is 0.362 e. The van der Waals surface area contributed by atoms with E-state index in [4.69, 9.17) is 14.2 Å². The second kappa shape index (κ2) is 5.48. The summed E-state index contributed by atoms with van der Waals surface area (Å²) in [6, 6.07) is 0. The highest BCUT2D eigenvalue weighted by atomic mass is 16.7. The first-order chi connectivity index (χ1) is 5.64. The molecule has 0 fully saturated rings. The van der Waals surface area contributed by atoms with E-state index >= 15 is 0 Å². The molecule has 1 N–H and O–H groups in total. The zero-order valence-electron chi connectivity index (χ0n) is 8.16. The molecule has 0 aliphatic carbocycles. The van der Waals surface area contributed by atoms with Gasteiger partial charge in [0.2, 0.25) is 12.1 Å². The van der Waals surface area contributed by atoms with E-state index in [0.29, 0.717) is 6.42 Å². The summed E-state index contributed by atoms with van der Waals surface area (Å²) in [5, 5.41) is 9.81. The van der Waals surface area contributed by atoms with Gasteiger partial charge in [0, 0.05) is 27.8 Å². The lowest BCUT2D eigenvalue weighted by molar-refractivity contribution is -0.318. The van der Waals surface area contributed by atoms with Crippen LogP contribution in [-0.4, -0.2) is 38.5 Å². The van der Waals surface area contributed by atoms with Crippen molar-refractivity contribution in [3.05, 3.63) is 0 Å². The normalized spacial score (nSPS) is 16.5. The summed E-state index contributed by atoms with van der Waals surface area (Å²) in [7, 11) is 4.36. The highest BCUT2D eigenvalue weighted by Gasteiger charge is 2.36. The fraction of sp³-hybridized carbons (Fsp3) is 1.00. The Bertz CT molecular complexity index is 114. The second-order valence-corrected chi connectivity index (χ2v) is 2.60. The minimum atomic E-state index is -1.34. The van der Waals surface area contributed by atoms with Crippen molar-refractivity contribution in [3.63, 3.8) is 0 Å². The van der Waals surface area contributed by atoms with Gasteiger partial charge < -0.3 is 19.3 Å². The van der Waals surface area contributed by atoms with Gasteiger partial charge in [0.15, 0.2) is 0 Å². The predicted molar refractivity (Wildman–Crippen MR) is 44.7 cm³/mol. The van der Waals surface area contributed by atoms with Crippen LogP contribution in [-0.2, 0) is 14.2 Å². The lowest BCUT2D eigenvalue weighted by atomic mass is 10.1. The molecule has 0 aromatic rings. The van der Waals surface area contributed by atoms with E-state index in [9.17, 15) is 5.11 Å². The van der Waals surface area contributed by atoms with Gasteiger partial charge in [-0.3, -0.25) is 0 Å². The van der Waals surface area contributed by atoms with Gasteiger partial charge in [0.1, 0.15) is 0 Å². The second-order valence-electron chi connectivity index (χ2n) is 2.60. The summed E-state index contributed by atoms with van der Waals surface area (Å²) in [5.74, 6) is -1.34. The number of ether oxygens (including phenoxy) is 3. The first-order valence-electron chi connectivity index (χ1n) is 3.97. The maximum absolute atomic E-state index is 9.81. The van der Waals surface area contributed by atoms with E-state index < -0.39 is 12.1 Å². The zero-order valence-corrected chi connectivity index (χ0v) is 8.16. The predicted octanol–water partition coefficient (Wildman–Crippen LogP) is 0.740. The molecule has 0 amide bonds. The van der Waals surface area contributed by atoms with Crippen molar-refractivity contribution < 1.29 is 19.3 Å². The van der Waals surface area contributed by atoms with Crippen LogP contribution in [0.3, 0.4) is 0 Å². The Labute approximate surface area is 73.4 Å². The monoisotopic (exact) mass is 178 g/mol. The molecule has 74 valence electrons. The van der Waals surface area contributed by atoms with Crippen LogP contribution in [0.5, 0.6) is 0 Å². The Kier molecular flexibility index (Phi) is 5.41. The summed E-state index contributed by atoms with van der Waals surface area (Å²) in [6.45, 7) is 1.95. The first kappa shape index (κ1) is 11.8. The van der Waals surface area contributed by atoms with Gasteiger partial charge in [-0.15, -0.1) is 0 Å². The van der Waals surface area contributed by atoms with Crippen LogP contribution < -0.4 is 0 Å². The van der Waals surface area contributed by atoms with Crippen molar-refractivity contribution in [1.82, 2.24) is 0 Å². The van der Waals surface area contributed by atoms with Gasteiger partial charge in [-0.1, -0.05) is 13.3 Å². The van der Waals surface area contributed by atoms with Crippen LogP contribution in [0.2, 0.25) is 0 Å². The SMILES string of the molecule is CCCC(O)(OC)C(OC)OC. The molecule has 1 unspecified atom stereocenters. The minimum absolute atomic E-state index is 0.482. The Morgan fingerprint density at radius 1 is 1.25 bits per heavy atom. The summed E-state index contributed by atoms with van der Waals surface area (Å²) < 4.78 is 14.7. The van der Waals surface area contributed by atoms with E-state index in [1.165, 1.54) is 21.3 Å². The highest BCUT2D eigenvalue weighted by Crippen LogP contribution is 2.20. The lowest BCUT2D eigenvalue weighted by Gasteiger charge is -2.32. The summed E-state index contributed by atoms with van der Waals surface area (Å²) in [5.41, 5.74) is 0. The van der Waals surface area contributed by atoms with Gasteiger partial charge >= 0.3 is 0 Å². The molecule has 0 aliphatic heterocycles. The average Bonchev–Trinajstić information content (AvgIpc) is 2.07. The molecule has 0 bridgehead atoms. The number of rotatable bonds is 6. The summed E-state index contributed by atoms with van der Waals surface area (Å²) in [4.78, 5) is 0. The molecule has 0 aromatic carbocycles. The Morgan fingerprint density at radius 3 is 2.00 bits per heavy atom. The average molecular weight is 178 g/mol. The van der Waals surface area contributed by atoms with Crippen LogP contribution in [0.1, 0.15) is 19.8 Å². The van der Waals surface area contributed by atoms with Crippen LogP contribution >= 0.6 is 0 Å². The van der Waals surface area contributed by atoms with Gasteiger partial charge in [-0.05, 0) is 0 Å². The van der Waals surface area contributed by atoms with Gasteiger partial charge in [-0.25, -0.2) is 0 Å². The van der Waals surface area contributed by atoms with E-state index in [-0.39, 0.29) is 0 Å². The molecule has 0 spiro atoms. The van der Waals surface area contributed by atoms with Gasteiger partial charge in [0.05, 0.1) is 0 Å². The molecular formula is C8H18O4. The minimum Gasteiger partial charge on any atom is -0.362 e. The van der Waals surface area contributed by atoms with Crippen LogP contribution in [0.4, 0.5) is 0 Å². The molecule has 0 aromatic heterocycles. The standard InChI is InChI=1S/C8H18O4/c1-5-6-8(9,12-4)7(10-2)11-3/h7,9H,5-6H2,1-4H3. The topological polar surface area (TPSA) is 47.9 Å². The highest BCUT2D eigenvalue weighted by molar-refractivity contribution is 4.70. The van der Waals surface area contributed by atoms with Crippen molar-refractivity contribution in [2.24, 2.45) is 0 Å². The maximum Gasteiger partial charge on any atom is 0.217 e. The molecule has 12 heavy (non-hydrogen) atoms. The van der Waals surface area contributed by atoms with Crippen molar-refractivity contribution in [1.29, 1.82) is 0 Å². The smallest absolute Gasteiger partial charge is 0.217 e. The molecule has 0 aliphatic rings. The van der Waals surface area contributed by atoms with Crippen LogP contribution in [0.25, 0.3) is 0 Å². The van der Waals surface area contributed by atoms with E-state index in [2.05, 4.69) is 0 Å². The zero-order chi connectivity index (χ0) is 9.61. The molecular weight excluding hydrogens is 160 g/mol. The van der Waals surface area contributed by atoms with Crippen LogP contribution in [0, 0.1) is 0 Å².